The molecule has 0 saturated heterocycles. The molecule has 3 rings (SSSR count). The zero-order valence-corrected chi connectivity index (χ0v) is 21.1. The number of carbonyl (C=O) groups is 1. The molecule has 0 spiro atoms. The first-order chi connectivity index (χ1) is 15.8. The number of halogens is 4. The Morgan fingerprint density at radius 3 is 1.88 bits per heavy atom. The van der Waals surface area contributed by atoms with Gasteiger partial charge in [-0.15, -0.1) is 0 Å². The highest BCUT2D eigenvalue weighted by atomic mass is 35.5. The zero-order valence-electron chi connectivity index (χ0n) is 18.1. The minimum Gasteiger partial charge on any atom is -0.489 e. The second kappa shape index (κ2) is 11.8. The number of hydrogen-bond donors (Lipinski definition) is 0. The van der Waals surface area contributed by atoms with Crippen LogP contribution in [-0.4, -0.2) is 13.1 Å². The highest BCUT2D eigenvalue weighted by molar-refractivity contribution is 6.42. The number of methoxy groups -OCH3 is 1. The van der Waals surface area contributed by atoms with E-state index in [2.05, 4.69) is 0 Å². The van der Waals surface area contributed by atoms with E-state index in [1.165, 1.54) is 7.11 Å². The highest BCUT2D eigenvalue weighted by Gasteiger charge is 2.16. The van der Waals surface area contributed by atoms with E-state index in [4.69, 9.17) is 60.6 Å². The maximum absolute atomic E-state index is 12.0. The number of rotatable bonds is 9. The molecule has 0 aliphatic carbocycles. The van der Waals surface area contributed by atoms with E-state index >= 15 is 0 Å². The van der Waals surface area contributed by atoms with Gasteiger partial charge in [-0.2, -0.15) is 0 Å². The Hall–Kier alpha value is -2.11. The molecule has 8 heteroatoms. The van der Waals surface area contributed by atoms with Crippen molar-refractivity contribution in [1.82, 2.24) is 0 Å². The third kappa shape index (κ3) is 6.94. The minimum atomic E-state index is -0.346. The van der Waals surface area contributed by atoms with Crippen molar-refractivity contribution in [3.63, 3.8) is 0 Å². The molecule has 0 N–H and O–H groups in total. The Morgan fingerprint density at radius 2 is 1.36 bits per heavy atom. The van der Waals surface area contributed by atoms with Crippen LogP contribution in [-0.2, 0) is 35.6 Å². The fourth-order valence-corrected chi connectivity index (χ4v) is 3.90. The summed E-state index contributed by atoms with van der Waals surface area (Å²) in [7, 11) is 1.36. The number of carbonyl (C=O) groups excluding carboxylic acids is 1. The molecule has 0 unspecified atom stereocenters. The van der Waals surface area contributed by atoms with Crippen molar-refractivity contribution in [2.75, 3.05) is 7.11 Å². The summed E-state index contributed by atoms with van der Waals surface area (Å²) in [5.74, 6) is 0.831. The Balaban J connectivity index is 1.87. The quantitative estimate of drug-likeness (QED) is 0.267. The van der Waals surface area contributed by atoms with Crippen LogP contribution in [0.3, 0.4) is 0 Å². The molecule has 0 radical (unpaired) electrons. The Morgan fingerprint density at radius 1 is 0.788 bits per heavy atom. The van der Waals surface area contributed by atoms with Gasteiger partial charge in [0.15, 0.2) is 0 Å². The van der Waals surface area contributed by atoms with Crippen molar-refractivity contribution in [1.29, 1.82) is 0 Å². The van der Waals surface area contributed by atoms with Crippen molar-refractivity contribution >= 4 is 52.4 Å². The molecule has 0 aliphatic heterocycles. The van der Waals surface area contributed by atoms with Gasteiger partial charge >= 0.3 is 5.97 Å². The lowest BCUT2D eigenvalue weighted by Gasteiger charge is -2.17. The summed E-state index contributed by atoms with van der Waals surface area (Å²) in [6.45, 7) is 2.54. The van der Waals surface area contributed by atoms with E-state index in [0.29, 0.717) is 38.0 Å². The van der Waals surface area contributed by atoms with Gasteiger partial charge in [0.2, 0.25) is 0 Å². The predicted molar refractivity (Wildman–Crippen MR) is 133 cm³/mol. The maximum Gasteiger partial charge on any atom is 0.309 e. The summed E-state index contributed by atoms with van der Waals surface area (Å²) in [6, 6.07) is 14.3. The largest absolute Gasteiger partial charge is 0.489 e. The van der Waals surface area contributed by atoms with E-state index in [0.717, 1.165) is 22.3 Å². The molecule has 4 nitrogen and oxygen atoms in total. The average molecular weight is 528 g/mol. The van der Waals surface area contributed by atoms with Gasteiger partial charge < -0.3 is 14.2 Å². The average Bonchev–Trinajstić information content (AvgIpc) is 2.80. The van der Waals surface area contributed by atoms with Crippen LogP contribution in [0.5, 0.6) is 11.5 Å². The Bertz CT molecular complexity index is 1150. The van der Waals surface area contributed by atoms with Crippen LogP contribution in [0.2, 0.25) is 20.1 Å². The summed E-state index contributed by atoms with van der Waals surface area (Å²) in [5.41, 5.74) is 3.40. The molecular weight excluding hydrogens is 506 g/mol. The second-order valence-corrected chi connectivity index (χ2v) is 8.87. The standard InChI is InChI=1S/C25H22Cl4O4/c1-3-19-17(11-25(30)31-2)10-18(32-13-15-4-6-20(26)22(28)8-15)12-24(19)33-14-16-5-7-21(27)23(29)9-16/h4-10,12H,3,11,13-14H2,1-2H3. The fourth-order valence-electron chi connectivity index (χ4n) is 3.26. The minimum absolute atomic E-state index is 0.104. The van der Waals surface area contributed by atoms with Crippen LogP contribution in [0.4, 0.5) is 0 Å². The molecule has 0 atom stereocenters. The lowest BCUT2D eigenvalue weighted by atomic mass is 10.0. The smallest absolute Gasteiger partial charge is 0.309 e. The molecule has 0 bridgehead atoms. The Labute approximate surface area is 213 Å². The zero-order chi connectivity index (χ0) is 24.0. The maximum atomic E-state index is 12.0. The second-order valence-electron chi connectivity index (χ2n) is 7.24. The van der Waals surface area contributed by atoms with Crippen molar-refractivity contribution in [2.45, 2.75) is 33.0 Å². The summed E-state index contributed by atoms with van der Waals surface area (Å²) in [4.78, 5) is 12.0. The third-order valence-electron chi connectivity index (χ3n) is 4.96. The molecule has 33 heavy (non-hydrogen) atoms. The summed E-state index contributed by atoms with van der Waals surface area (Å²) in [6.07, 6.45) is 0.767. The van der Waals surface area contributed by atoms with Gasteiger partial charge in [0.1, 0.15) is 24.7 Å². The molecule has 0 amide bonds. The molecule has 174 valence electrons. The van der Waals surface area contributed by atoms with Gasteiger partial charge in [-0.1, -0.05) is 65.5 Å². The van der Waals surface area contributed by atoms with Crippen LogP contribution >= 0.6 is 46.4 Å². The number of benzene rings is 3. The van der Waals surface area contributed by atoms with E-state index in [1.807, 2.05) is 31.2 Å². The number of hydrogen-bond acceptors (Lipinski definition) is 4. The van der Waals surface area contributed by atoms with Crippen molar-refractivity contribution in [3.8, 4) is 11.5 Å². The molecular formula is C25H22Cl4O4. The van der Waals surface area contributed by atoms with E-state index < -0.39 is 0 Å². The molecule has 0 aromatic heterocycles. The first kappa shape index (κ1) is 25.5. The monoisotopic (exact) mass is 526 g/mol. The molecule has 3 aromatic carbocycles. The fraction of sp³-hybridized carbons (Fsp3) is 0.240. The van der Waals surface area contributed by atoms with Gasteiger partial charge in [-0.05, 0) is 59.0 Å². The summed E-state index contributed by atoms with van der Waals surface area (Å²) in [5, 5.41) is 1.87. The third-order valence-corrected chi connectivity index (χ3v) is 6.44. The first-order valence-electron chi connectivity index (χ1n) is 10.2. The van der Waals surface area contributed by atoms with E-state index in [-0.39, 0.29) is 25.6 Å². The summed E-state index contributed by atoms with van der Waals surface area (Å²) < 4.78 is 17.0. The van der Waals surface area contributed by atoms with Gasteiger partial charge in [0.05, 0.1) is 33.6 Å². The van der Waals surface area contributed by atoms with Gasteiger partial charge in [-0.3, -0.25) is 4.79 Å². The highest BCUT2D eigenvalue weighted by Crippen LogP contribution is 2.32. The van der Waals surface area contributed by atoms with Gasteiger partial charge in [-0.25, -0.2) is 0 Å². The van der Waals surface area contributed by atoms with Crippen molar-refractivity contribution < 1.29 is 19.0 Å². The van der Waals surface area contributed by atoms with Crippen LogP contribution in [0.1, 0.15) is 29.2 Å². The predicted octanol–water partition coefficient (Wildman–Crippen LogP) is 7.74. The number of esters is 1. The normalized spacial score (nSPS) is 10.7. The topological polar surface area (TPSA) is 44.8 Å². The van der Waals surface area contributed by atoms with Gasteiger partial charge in [0, 0.05) is 6.07 Å². The van der Waals surface area contributed by atoms with E-state index in [1.54, 1.807) is 24.3 Å². The molecule has 3 aromatic rings. The van der Waals surface area contributed by atoms with Crippen LogP contribution in [0, 0.1) is 0 Å². The van der Waals surface area contributed by atoms with Crippen molar-refractivity contribution in [3.05, 3.63) is 90.9 Å². The lowest BCUT2D eigenvalue weighted by Crippen LogP contribution is -2.09. The molecule has 0 saturated carbocycles. The Kier molecular flexibility index (Phi) is 9.16. The molecule has 0 heterocycles. The molecule has 0 fully saturated rings. The first-order valence-corrected chi connectivity index (χ1v) is 11.7. The summed E-state index contributed by atoms with van der Waals surface area (Å²) >= 11 is 24.2. The van der Waals surface area contributed by atoms with Crippen LogP contribution in [0.25, 0.3) is 0 Å². The number of ether oxygens (including phenoxy) is 3. The van der Waals surface area contributed by atoms with Crippen LogP contribution < -0.4 is 9.47 Å². The van der Waals surface area contributed by atoms with E-state index in [9.17, 15) is 4.79 Å². The van der Waals surface area contributed by atoms with Crippen molar-refractivity contribution in [2.24, 2.45) is 0 Å². The SMILES string of the molecule is CCc1c(CC(=O)OC)cc(OCc2ccc(Cl)c(Cl)c2)cc1OCc1ccc(Cl)c(Cl)c1. The molecule has 0 aliphatic rings. The lowest BCUT2D eigenvalue weighted by molar-refractivity contribution is -0.139. The van der Waals surface area contributed by atoms with Gasteiger partial charge in [0.25, 0.3) is 0 Å². The van der Waals surface area contributed by atoms with Crippen LogP contribution in [0.15, 0.2) is 48.5 Å².